The number of rotatable bonds is 5. The van der Waals surface area contributed by atoms with E-state index in [4.69, 9.17) is 4.74 Å². The van der Waals surface area contributed by atoms with Gasteiger partial charge in [-0.25, -0.2) is 4.79 Å². The van der Waals surface area contributed by atoms with Gasteiger partial charge in [0, 0.05) is 17.8 Å². The normalized spacial score (nSPS) is 27.6. The standard InChI is InChI=1S/C20H23NO3S/c22-19(24-17-14-21-10-8-16(17)9-11-21)20(23,18-7-4-12-25-18)13-15-5-2-1-3-6-15/h1-7,12,16-17,23H,8-11,13-14H2/t17-,20?/m0/s1. The number of benzene rings is 1. The van der Waals surface area contributed by atoms with E-state index in [1.54, 1.807) is 0 Å². The van der Waals surface area contributed by atoms with Gasteiger partial charge in [-0.2, -0.15) is 0 Å². The van der Waals surface area contributed by atoms with Crippen LogP contribution in [0.25, 0.3) is 0 Å². The number of carbonyl (C=O) groups excluding carboxylic acids is 1. The lowest BCUT2D eigenvalue weighted by Gasteiger charge is -2.44. The molecule has 1 aromatic heterocycles. The van der Waals surface area contributed by atoms with Crippen LogP contribution in [0.1, 0.15) is 23.3 Å². The number of esters is 1. The lowest BCUT2D eigenvalue weighted by Crippen LogP contribution is -2.53. The van der Waals surface area contributed by atoms with Crippen molar-refractivity contribution >= 4 is 17.3 Å². The van der Waals surface area contributed by atoms with Crippen molar-refractivity contribution in [2.24, 2.45) is 5.92 Å². The third-order valence-corrected chi connectivity index (χ3v) is 6.44. The SMILES string of the molecule is O=C(O[C@H]1CN2CCC1CC2)C(O)(Cc1ccccc1)c1cccs1. The van der Waals surface area contributed by atoms with Crippen molar-refractivity contribution in [3.05, 3.63) is 58.3 Å². The molecule has 0 saturated carbocycles. The maximum atomic E-state index is 13.0. The van der Waals surface area contributed by atoms with Crippen molar-refractivity contribution in [1.82, 2.24) is 4.90 Å². The van der Waals surface area contributed by atoms with Crippen molar-refractivity contribution in [1.29, 1.82) is 0 Å². The highest BCUT2D eigenvalue weighted by Crippen LogP contribution is 2.35. The Kier molecular flexibility index (Phi) is 4.63. The summed E-state index contributed by atoms with van der Waals surface area (Å²) in [4.78, 5) is 16.0. The van der Waals surface area contributed by atoms with E-state index in [-0.39, 0.29) is 12.5 Å². The first-order valence-electron chi connectivity index (χ1n) is 8.89. The molecule has 1 N–H and O–H groups in total. The van der Waals surface area contributed by atoms with Crippen LogP contribution in [0.2, 0.25) is 0 Å². The van der Waals surface area contributed by atoms with Gasteiger partial charge in [0.25, 0.3) is 0 Å². The molecule has 3 aliphatic rings. The fourth-order valence-electron chi connectivity index (χ4n) is 3.94. The van der Waals surface area contributed by atoms with E-state index in [9.17, 15) is 9.90 Å². The molecule has 0 aliphatic carbocycles. The van der Waals surface area contributed by atoms with Crippen LogP contribution in [-0.4, -0.2) is 41.7 Å². The molecule has 2 bridgehead atoms. The first kappa shape index (κ1) is 16.8. The number of hydrogen-bond acceptors (Lipinski definition) is 5. The summed E-state index contributed by atoms with van der Waals surface area (Å²) >= 11 is 1.39. The quantitative estimate of drug-likeness (QED) is 0.836. The van der Waals surface area contributed by atoms with Gasteiger partial charge in [0.2, 0.25) is 5.60 Å². The number of carbonyl (C=O) groups is 1. The molecule has 2 aromatic rings. The zero-order chi connectivity index (χ0) is 17.3. The lowest BCUT2D eigenvalue weighted by molar-refractivity contribution is -0.181. The zero-order valence-electron chi connectivity index (χ0n) is 14.1. The fourth-order valence-corrected chi connectivity index (χ4v) is 4.76. The Bertz CT molecular complexity index is 710. The Balaban J connectivity index is 1.56. The predicted molar refractivity (Wildman–Crippen MR) is 97.4 cm³/mol. The Morgan fingerprint density at radius 2 is 1.96 bits per heavy atom. The molecule has 1 unspecified atom stereocenters. The molecule has 1 aromatic carbocycles. The number of thiophene rings is 1. The lowest BCUT2D eigenvalue weighted by atomic mass is 9.85. The Hall–Kier alpha value is -1.69. The molecule has 5 heteroatoms. The summed E-state index contributed by atoms with van der Waals surface area (Å²) in [5.41, 5.74) is -0.703. The van der Waals surface area contributed by atoms with Crippen LogP contribution in [0, 0.1) is 5.92 Å². The third kappa shape index (κ3) is 3.36. The summed E-state index contributed by atoms with van der Waals surface area (Å²) in [6.45, 7) is 2.98. The van der Waals surface area contributed by atoms with E-state index in [0.29, 0.717) is 10.8 Å². The van der Waals surface area contributed by atoms with E-state index in [0.717, 1.165) is 38.0 Å². The third-order valence-electron chi connectivity index (χ3n) is 5.42. The van der Waals surface area contributed by atoms with Crippen LogP contribution in [0.4, 0.5) is 0 Å². The molecule has 4 nitrogen and oxygen atoms in total. The van der Waals surface area contributed by atoms with Gasteiger partial charge >= 0.3 is 5.97 Å². The van der Waals surface area contributed by atoms with Crippen LogP contribution in [0.3, 0.4) is 0 Å². The van der Waals surface area contributed by atoms with Crippen LogP contribution >= 0.6 is 11.3 Å². The number of nitrogens with zero attached hydrogens (tertiary/aromatic N) is 1. The molecular formula is C20H23NO3S. The first-order chi connectivity index (χ1) is 12.1. The van der Waals surface area contributed by atoms with Gasteiger partial charge in [0.1, 0.15) is 6.10 Å². The van der Waals surface area contributed by atoms with Gasteiger partial charge in [0.05, 0.1) is 0 Å². The highest BCUT2D eigenvalue weighted by Gasteiger charge is 2.44. The zero-order valence-corrected chi connectivity index (χ0v) is 15.0. The molecule has 0 spiro atoms. The topological polar surface area (TPSA) is 49.8 Å². The van der Waals surface area contributed by atoms with Crippen LogP contribution in [0.15, 0.2) is 47.8 Å². The number of hydrogen-bond donors (Lipinski definition) is 1. The minimum atomic E-state index is -1.62. The van der Waals surface area contributed by atoms with E-state index in [1.807, 2.05) is 47.8 Å². The first-order valence-corrected chi connectivity index (χ1v) is 9.77. The minimum Gasteiger partial charge on any atom is -0.458 e. The van der Waals surface area contributed by atoms with Crippen LogP contribution in [-0.2, 0) is 21.6 Å². The smallest absolute Gasteiger partial charge is 0.344 e. The summed E-state index contributed by atoms with van der Waals surface area (Å²) in [6, 6.07) is 13.3. The van der Waals surface area contributed by atoms with E-state index in [1.165, 1.54) is 11.3 Å². The van der Waals surface area contributed by atoms with Crippen molar-refractivity contribution < 1.29 is 14.6 Å². The molecular weight excluding hydrogens is 334 g/mol. The van der Waals surface area contributed by atoms with Crippen molar-refractivity contribution in [3.63, 3.8) is 0 Å². The predicted octanol–water partition coefficient (Wildman–Crippen LogP) is 2.82. The van der Waals surface area contributed by atoms with Gasteiger partial charge in [-0.1, -0.05) is 36.4 Å². The Labute approximate surface area is 152 Å². The van der Waals surface area contributed by atoms with Crippen LogP contribution < -0.4 is 0 Å². The molecule has 0 amide bonds. The van der Waals surface area contributed by atoms with Gasteiger partial charge in [-0.3, -0.25) is 4.90 Å². The average Bonchev–Trinajstić information content (AvgIpc) is 3.19. The second kappa shape index (κ2) is 6.90. The Morgan fingerprint density at radius 1 is 1.20 bits per heavy atom. The molecule has 0 radical (unpaired) electrons. The highest BCUT2D eigenvalue weighted by atomic mass is 32.1. The highest BCUT2D eigenvalue weighted by molar-refractivity contribution is 7.10. The number of piperidine rings is 3. The van der Waals surface area contributed by atoms with E-state index >= 15 is 0 Å². The maximum Gasteiger partial charge on any atom is 0.344 e. The number of ether oxygens (including phenoxy) is 1. The summed E-state index contributed by atoms with van der Waals surface area (Å²) in [5.74, 6) is -0.0872. The summed E-state index contributed by atoms with van der Waals surface area (Å²) in [7, 11) is 0. The molecule has 132 valence electrons. The van der Waals surface area contributed by atoms with Crippen molar-refractivity contribution in [2.45, 2.75) is 31.0 Å². The van der Waals surface area contributed by atoms with Gasteiger partial charge in [-0.05, 0) is 48.9 Å². The molecule has 4 heterocycles. The molecule has 3 saturated heterocycles. The Morgan fingerprint density at radius 3 is 2.56 bits per heavy atom. The van der Waals surface area contributed by atoms with Crippen molar-refractivity contribution in [3.8, 4) is 0 Å². The molecule has 25 heavy (non-hydrogen) atoms. The summed E-state index contributed by atoms with van der Waals surface area (Å²) in [6.07, 6.45) is 2.29. The molecule has 2 atom stereocenters. The van der Waals surface area contributed by atoms with E-state index in [2.05, 4.69) is 4.90 Å². The number of fused-ring (bicyclic) bond motifs is 3. The molecule has 3 aliphatic heterocycles. The van der Waals surface area contributed by atoms with Gasteiger partial charge in [-0.15, -0.1) is 11.3 Å². The second-order valence-corrected chi connectivity index (χ2v) is 8.03. The largest absolute Gasteiger partial charge is 0.458 e. The summed E-state index contributed by atoms with van der Waals surface area (Å²) in [5, 5.41) is 13.2. The van der Waals surface area contributed by atoms with Crippen molar-refractivity contribution in [2.75, 3.05) is 19.6 Å². The van der Waals surface area contributed by atoms with Gasteiger partial charge in [0.15, 0.2) is 0 Å². The summed E-state index contributed by atoms with van der Waals surface area (Å²) < 4.78 is 5.86. The fraction of sp³-hybridized carbons (Fsp3) is 0.450. The maximum absolute atomic E-state index is 13.0. The second-order valence-electron chi connectivity index (χ2n) is 7.08. The minimum absolute atomic E-state index is 0.0998. The molecule has 3 fully saturated rings. The van der Waals surface area contributed by atoms with Gasteiger partial charge < -0.3 is 9.84 Å². The number of aliphatic hydroxyl groups is 1. The monoisotopic (exact) mass is 357 g/mol. The van der Waals surface area contributed by atoms with Crippen LogP contribution in [0.5, 0.6) is 0 Å². The van der Waals surface area contributed by atoms with E-state index < -0.39 is 11.6 Å². The molecule has 5 rings (SSSR count). The average molecular weight is 357 g/mol.